The van der Waals surface area contributed by atoms with Crippen LogP contribution in [-0.2, 0) is 4.79 Å². The van der Waals surface area contributed by atoms with Gasteiger partial charge in [0.2, 0.25) is 5.91 Å². The number of fused-ring (bicyclic) bond motifs is 1. The Bertz CT molecular complexity index is 1420. The van der Waals surface area contributed by atoms with Crippen molar-refractivity contribution in [2.45, 2.75) is 0 Å². The van der Waals surface area contributed by atoms with Crippen LogP contribution in [0.3, 0.4) is 0 Å². The number of rotatable bonds is 5. The Morgan fingerprint density at radius 3 is 2.70 bits per heavy atom. The van der Waals surface area contributed by atoms with Gasteiger partial charge in [-0.1, -0.05) is 54.1 Å². The van der Waals surface area contributed by atoms with E-state index >= 15 is 0 Å². The molecule has 0 aliphatic heterocycles. The number of benzene rings is 3. The maximum absolute atomic E-state index is 12.2. The lowest BCUT2D eigenvalue weighted by atomic mass is 10.1. The zero-order valence-corrected chi connectivity index (χ0v) is 19.2. The maximum Gasteiger partial charge on any atom is 0.288 e. The summed E-state index contributed by atoms with van der Waals surface area (Å²) >= 11 is 12.3. The normalized spacial score (nSPS) is 10.9. The third kappa shape index (κ3) is 5.58. The van der Waals surface area contributed by atoms with E-state index in [1.165, 1.54) is 35.6 Å². The SMILES string of the molecule is O=C(/C=C/c1ccc(Cl)c([N+](=O)[O-])c1)NC(=S)Nc1nc(-c2ccc3ccccc3c2)cs1. The number of hydrogen-bond acceptors (Lipinski definition) is 6. The fourth-order valence-corrected chi connectivity index (χ4v) is 4.21. The van der Waals surface area contributed by atoms with Gasteiger partial charge in [-0.25, -0.2) is 4.98 Å². The number of thiazole rings is 1. The van der Waals surface area contributed by atoms with Gasteiger partial charge in [-0.2, -0.15) is 0 Å². The molecule has 4 aromatic rings. The van der Waals surface area contributed by atoms with E-state index in [9.17, 15) is 14.9 Å². The second kappa shape index (κ2) is 9.86. The van der Waals surface area contributed by atoms with E-state index in [0.29, 0.717) is 10.7 Å². The van der Waals surface area contributed by atoms with E-state index in [0.717, 1.165) is 22.0 Å². The summed E-state index contributed by atoms with van der Waals surface area (Å²) in [4.78, 5) is 27.1. The number of nitrogens with zero attached hydrogens (tertiary/aromatic N) is 2. The minimum Gasteiger partial charge on any atom is -0.308 e. The molecule has 0 saturated heterocycles. The van der Waals surface area contributed by atoms with E-state index < -0.39 is 10.8 Å². The summed E-state index contributed by atoms with van der Waals surface area (Å²) in [5.74, 6) is -0.489. The van der Waals surface area contributed by atoms with Crippen LogP contribution in [0.2, 0.25) is 5.02 Å². The monoisotopic (exact) mass is 494 g/mol. The summed E-state index contributed by atoms with van der Waals surface area (Å²) in [6.45, 7) is 0. The van der Waals surface area contributed by atoms with Gasteiger partial charge in [-0.15, -0.1) is 11.3 Å². The van der Waals surface area contributed by atoms with Crippen LogP contribution in [-0.4, -0.2) is 20.9 Å². The van der Waals surface area contributed by atoms with Gasteiger partial charge in [0, 0.05) is 23.1 Å². The number of carbonyl (C=O) groups is 1. The number of nitrogens with one attached hydrogen (secondary N) is 2. The smallest absolute Gasteiger partial charge is 0.288 e. The van der Waals surface area contributed by atoms with Gasteiger partial charge in [0.1, 0.15) is 5.02 Å². The zero-order chi connectivity index (χ0) is 23.4. The predicted molar refractivity (Wildman–Crippen MR) is 137 cm³/mol. The molecule has 0 spiro atoms. The zero-order valence-electron chi connectivity index (χ0n) is 16.8. The molecule has 0 aliphatic carbocycles. The minimum atomic E-state index is -0.584. The largest absolute Gasteiger partial charge is 0.308 e. The molecule has 1 amide bonds. The van der Waals surface area contributed by atoms with E-state index in [1.54, 1.807) is 6.07 Å². The third-order valence-corrected chi connectivity index (χ3v) is 5.88. The Kier molecular flexibility index (Phi) is 6.74. The van der Waals surface area contributed by atoms with Gasteiger partial charge in [0.25, 0.3) is 5.69 Å². The number of anilines is 1. The van der Waals surface area contributed by atoms with E-state index in [4.69, 9.17) is 23.8 Å². The number of nitro groups is 1. The molecule has 0 bridgehead atoms. The van der Waals surface area contributed by atoms with Crippen molar-refractivity contribution >= 4 is 73.8 Å². The summed E-state index contributed by atoms with van der Waals surface area (Å²) < 4.78 is 0. The second-order valence-electron chi connectivity index (χ2n) is 6.84. The van der Waals surface area contributed by atoms with Crippen LogP contribution < -0.4 is 10.6 Å². The third-order valence-electron chi connectivity index (χ3n) is 4.60. The standard InChI is InChI=1S/C23H15ClN4O3S2/c24-18-9-5-14(11-20(18)28(30)31)6-10-21(29)26-22(32)27-23-25-19(13-33-23)17-8-7-15-3-1-2-4-16(15)12-17/h1-13H,(H2,25,26,27,29,32)/b10-6+. The average molecular weight is 495 g/mol. The first-order valence-corrected chi connectivity index (χ1v) is 11.2. The molecule has 0 fully saturated rings. The molecule has 2 N–H and O–H groups in total. The Morgan fingerprint density at radius 2 is 1.91 bits per heavy atom. The maximum atomic E-state index is 12.2. The number of nitro benzene ring substituents is 1. The highest BCUT2D eigenvalue weighted by molar-refractivity contribution is 7.80. The molecule has 0 saturated carbocycles. The van der Waals surface area contributed by atoms with Crippen molar-refractivity contribution in [2.24, 2.45) is 0 Å². The van der Waals surface area contributed by atoms with E-state index in [-0.39, 0.29) is 15.8 Å². The topological polar surface area (TPSA) is 97.2 Å². The van der Waals surface area contributed by atoms with Gasteiger partial charge >= 0.3 is 0 Å². The first kappa shape index (κ1) is 22.5. The molecule has 33 heavy (non-hydrogen) atoms. The fourth-order valence-electron chi connectivity index (χ4n) is 3.04. The van der Waals surface area contributed by atoms with Crippen LogP contribution in [0.5, 0.6) is 0 Å². The molecular weight excluding hydrogens is 480 g/mol. The predicted octanol–water partition coefficient (Wildman–Crippen LogP) is 6.05. The first-order chi connectivity index (χ1) is 15.9. The van der Waals surface area contributed by atoms with Crippen LogP contribution in [0.25, 0.3) is 28.1 Å². The van der Waals surface area contributed by atoms with E-state index in [2.05, 4.69) is 27.8 Å². The summed E-state index contributed by atoms with van der Waals surface area (Å²) in [5, 5.41) is 21.2. The minimum absolute atomic E-state index is 0.0264. The molecule has 7 nitrogen and oxygen atoms in total. The van der Waals surface area contributed by atoms with Crippen LogP contribution in [0.15, 0.2) is 72.1 Å². The van der Waals surface area contributed by atoms with Gasteiger partial charge in [-0.05, 0) is 46.8 Å². The average Bonchev–Trinajstić information content (AvgIpc) is 3.26. The first-order valence-electron chi connectivity index (χ1n) is 9.58. The summed E-state index contributed by atoms with van der Waals surface area (Å²) in [5.41, 5.74) is 2.00. The molecule has 1 aromatic heterocycles. The fraction of sp³-hybridized carbons (Fsp3) is 0. The van der Waals surface area contributed by atoms with Gasteiger partial charge in [0.15, 0.2) is 10.2 Å². The molecule has 0 unspecified atom stereocenters. The molecule has 0 aliphatic rings. The lowest BCUT2D eigenvalue weighted by Gasteiger charge is -2.05. The molecule has 0 atom stereocenters. The molecule has 1 heterocycles. The molecule has 0 radical (unpaired) electrons. The lowest BCUT2D eigenvalue weighted by Crippen LogP contribution is -2.32. The number of halogens is 1. The molecule has 164 valence electrons. The Balaban J connectivity index is 1.37. The lowest BCUT2D eigenvalue weighted by molar-refractivity contribution is -0.384. The summed E-state index contributed by atoms with van der Waals surface area (Å²) in [6, 6.07) is 18.5. The highest BCUT2D eigenvalue weighted by Gasteiger charge is 2.12. The summed E-state index contributed by atoms with van der Waals surface area (Å²) in [6.07, 6.45) is 2.66. The molecule has 3 aromatic carbocycles. The van der Waals surface area contributed by atoms with Crippen molar-refractivity contribution in [3.05, 3.63) is 92.8 Å². The van der Waals surface area contributed by atoms with Crippen LogP contribution in [0.1, 0.15) is 5.56 Å². The van der Waals surface area contributed by atoms with Crippen molar-refractivity contribution in [2.75, 3.05) is 5.32 Å². The van der Waals surface area contributed by atoms with E-state index in [1.807, 2.05) is 35.7 Å². The van der Waals surface area contributed by atoms with Gasteiger partial charge < -0.3 is 5.32 Å². The second-order valence-corrected chi connectivity index (χ2v) is 8.52. The number of carbonyl (C=O) groups excluding carboxylic acids is 1. The van der Waals surface area contributed by atoms with Crippen molar-refractivity contribution in [1.29, 1.82) is 0 Å². The molecular formula is C23H15ClN4O3S2. The van der Waals surface area contributed by atoms with Crippen molar-refractivity contribution in [1.82, 2.24) is 10.3 Å². The number of aromatic nitrogens is 1. The van der Waals surface area contributed by atoms with Crippen LogP contribution in [0.4, 0.5) is 10.8 Å². The Labute approximate surface area is 202 Å². The molecule has 10 heteroatoms. The Hall–Kier alpha value is -3.66. The van der Waals surface area contributed by atoms with Crippen LogP contribution >= 0.6 is 35.2 Å². The van der Waals surface area contributed by atoms with Gasteiger partial charge in [0.05, 0.1) is 10.6 Å². The van der Waals surface area contributed by atoms with Crippen LogP contribution in [0, 0.1) is 10.1 Å². The number of thiocarbonyl (C=S) groups is 1. The van der Waals surface area contributed by atoms with Crippen molar-refractivity contribution in [3.8, 4) is 11.3 Å². The van der Waals surface area contributed by atoms with Gasteiger partial charge in [-0.3, -0.25) is 20.2 Å². The van der Waals surface area contributed by atoms with Crippen molar-refractivity contribution in [3.63, 3.8) is 0 Å². The highest BCUT2D eigenvalue weighted by Crippen LogP contribution is 2.28. The highest BCUT2D eigenvalue weighted by atomic mass is 35.5. The number of hydrogen-bond donors (Lipinski definition) is 2. The Morgan fingerprint density at radius 1 is 1.12 bits per heavy atom. The summed E-state index contributed by atoms with van der Waals surface area (Å²) in [7, 11) is 0. The molecule has 4 rings (SSSR count). The number of amides is 1. The van der Waals surface area contributed by atoms with Crippen molar-refractivity contribution < 1.29 is 9.72 Å². The quantitative estimate of drug-likeness (QED) is 0.152.